The number of aromatic nitrogens is 4. The Balaban J connectivity index is 1.22. The normalized spacial score (nSPS) is 12.7. The Hall–Kier alpha value is -6.04. The van der Waals surface area contributed by atoms with E-state index in [-0.39, 0.29) is 0 Å². The molecule has 0 bridgehead atoms. The summed E-state index contributed by atoms with van der Waals surface area (Å²) < 4.78 is 7.43. The van der Waals surface area contributed by atoms with Crippen molar-refractivity contribution >= 4 is 113 Å². The van der Waals surface area contributed by atoms with E-state index in [9.17, 15) is 0 Å². The lowest BCUT2D eigenvalue weighted by atomic mass is 10.0. The third kappa shape index (κ3) is 2.98. The average molecular weight is 615 g/mol. The van der Waals surface area contributed by atoms with Crippen LogP contribution >= 0.6 is 11.3 Å². The molecule has 5 aromatic heterocycles. The minimum absolute atomic E-state index is 0.910. The maximum atomic E-state index is 5.14. The maximum Gasteiger partial charge on any atom is 0.165 e. The van der Waals surface area contributed by atoms with Gasteiger partial charge in [0.2, 0.25) is 0 Å². The lowest BCUT2D eigenvalue weighted by molar-refractivity contribution is 1.19. The molecule has 7 aromatic carbocycles. The van der Waals surface area contributed by atoms with Crippen molar-refractivity contribution < 1.29 is 0 Å². The minimum Gasteiger partial charge on any atom is -0.309 e. The molecule has 5 heteroatoms. The maximum absolute atomic E-state index is 5.14. The van der Waals surface area contributed by atoms with Crippen molar-refractivity contribution in [2.45, 2.75) is 0 Å². The Kier molecular flexibility index (Phi) is 4.33. The summed E-state index contributed by atoms with van der Waals surface area (Å²) in [7, 11) is 0. The quantitative estimate of drug-likeness (QED) is 0.184. The third-order valence-corrected chi connectivity index (χ3v) is 11.3. The fraction of sp³-hybridized carbons (Fsp3) is 0. The van der Waals surface area contributed by atoms with E-state index in [0.29, 0.717) is 0 Å². The van der Waals surface area contributed by atoms with Crippen LogP contribution in [0.3, 0.4) is 0 Å². The number of nitrogens with zero attached hydrogens (tertiary/aromatic N) is 4. The topological polar surface area (TPSA) is 35.1 Å². The fourth-order valence-electron chi connectivity index (χ4n) is 8.22. The molecule has 0 radical (unpaired) electrons. The number of benzene rings is 7. The first kappa shape index (κ1) is 24.2. The van der Waals surface area contributed by atoms with Crippen molar-refractivity contribution in [1.82, 2.24) is 18.9 Å². The fourth-order valence-corrected chi connectivity index (χ4v) is 9.34. The molecule has 5 heterocycles. The van der Waals surface area contributed by atoms with Crippen LogP contribution in [0, 0.1) is 0 Å². The van der Waals surface area contributed by atoms with E-state index in [1.54, 1.807) is 0 Å². The zero-order valence-corrected chi connectivity index (χ0v) is 25.7. The molecule has 12 aromatic rings. The van der Waals surface area contributed by atoms with Gasteiger partial charge in [-0.1, -0.05) is 78.9 Å². The van der Waals surface area contributed by atoms with E-state index in [1.165, 1.54) is 69.0 Å². The largest absolute Gasteiger partial charge is 0.309 e. The second kappa shape index (κ2) is 8.40. The molecule has 0 fully saturated rings. The minimum atomic E-state index is 0.910. The molecule has 0 N–H and O–H groups in total. The molecule has 47 heavy (non-hydrogen) atoms. The van der Waals surface area contributed by atoms with Crippen molar-refractivity contribution in [2.75, 3.05) is 0 Å². The summed E-state index contributed by atoms with van der Waals surface area (Å²) in [6.45, 7) is 0. The van der Waals surface area contributed by atoms with Crippen LogP contribution in [-0.2, 0) is 0 Å². The van der Waals surface area contributed by atoms with E-state index in [0.717, 1.165) is 38.8 Å². The molecule has 216 valence electrons. The van der Waals surface area contributed by atoms with Crippen molar-refractivity contribution in [3.05, 3.63) is 133 Å². The van der Waals surface area contributed by atoms with Crippen LogP contribution in [0.4, 0.5) is 0 Å². The molecule has 0 saturated heterocycles. The molecule has 4 nitrogen and oxygen atoms in total. The van der Waals surface area contributed by atoms with Gasteiger partial charge in [0.25, 0.3) is 0 Å². The Bertz CT molecular complexity index is 3310. The highest BCUT2D eigenvalue weighted by atomic mass is 32.1. The molecule has 0 aliphatic carbocycles. The van der Waals surface area contributed by atoms with Crippen LogP contribution < -0.4 is 0 Å². The van der Waals surface area contributed by atoms with E-state index in [4.69, 9.17) is 9.97 Å². The molecule has 0 spiro atoms. The van der Waals surface area contributed by atoms with E-state index >= 15 is 0 Å². The van der Waals surface area contributed by atoms with E-state index in [2.05, 4.69) is 118 Å². The van der Waals surface area contributed by atoms with Crippen LogP contribution in [0.15, 0.2) is 133 Å². The summed E-state index contributed by atoms with van der Waals surface area (Å²) in [6, 6.07) is 48.6. The summed E-state index contributed by atoms with van der Waals surface area (Å²) in [5, 5.41) is 11.4. The summed E-state index contributed by atoms with van der Waals surface area (Å²) in [4.78, 5) is 10.2. The van der Waals surface area contributed by atoms with Gasteiger partial charge in [-0.25, -0.2) is 9.97 Å². The molecule has 0 unspecified atom stereocenters. The highest BCUT2D eigenvalue weighted by molar-refractivity contribution is 7.25. The SMILES string of the molecule is c1ccc2c(c1)ccc1c2c2cc3c(cc2n1-c1ccc2c(c1)c1cccc4c5nc6ccccc6nc5n2c14)sc1ccccc13. The summed E-state index contributed by atoms with van der Waals surface area (Å²) in [5.74, 6) is 0. The molecule has 0 aliphatic heterocycles. The van der Waals surface area contributed by atoms with Crippen LogP contribution in [0.25, 0.3) is 108 Å². The second-order valence-electron chi connectivity index (χ2n) is 12.6. The van der Waals surface area contributed by atoms with E-state index in [1.807, 2.05) is 35.6 Å². The molecular weight excluding hydrogens is 593 g/mol. The van der Waals surface area contributed by atoms with Gasteiger partial charge in [-0.3, -0.25) is 4.40 Å². The summed E-state index contributed by atoms with van der Waals surface area (Å²) in [6.07, 6.45) is 0. The first-order valence-corrected chi connectivity index (χ1v) is 16.7. The van der Waals surface area contributed by atoms with Gasteiger partial charge in [0.15, 0.2) is 5.65 Å². The Morgan fingerprint density at radius 1 is 0.468 bits per heavy atom. The van der Waals surface area contributed by atoms with E-state index < -0.39 is 0 Å². The van der Waals surface area contributed by atoms with Crippen molar-refractivity contribution in [1.29, 1.82) is 0 Å². The number of fused-ring (bicyclic) bond motifs is 15. The molecule has 0 aliphatic rings. The number of thiophene rings is 1. The highest BCUT2D eigenvalue weighted by Gasteiger charge is 2.22. The van der Waals surface area contributed by atoms with Gasteiger partial charge in [-0.05, 0) is 65.4 Å². The Labute approximate surface area is 270 Å². The zero-order valence-electron chi connectivity index (χ0n) is 24.9. The first-order chi connectivity index (χ1) is 23.3. The molecular formula is C42H22N4S. The number of para-hydroxylation sites is 3. The van der Waals surface area contributed by atoms with Gasteiger partial charge in [0.05, 0.1) is 33.1 Å². The molecule has 12 rings (SSSR count). The Morgan fingerprint density at radius 2 is 1.23 bits per heavy atom. The monoisotopic (exact) mass is 614 g/mol. The van der Waals surface area contributed by atoms with Gasteiger partial charge in [0, 0.05) is 52.8 Å². The van der Waals surface area contributed by atoms with Crippen LogP contribution in [0.2, 0.25) is 0 Å². The highest BCUT2D eigenvalue weighted by Crippen LogP contribution is 2.44. The van der Waals surface area contributed by atoms with Crippen LogP contribution in [0.1, 0.15) is 0 Å². The number of rotatable bonds is 1. The van der Waals surface area contributed by atoms with Gasteiger partial charge < -0.3 is 4.57 Å². The standard InChI is InChI=1S/C42H22N4S/c1-2-9-25-23(8-1)16-18-35-39(25)31-21-30-26-10-3-6-15-37(26)47-38(30)22-36(31)45(35)24-17-19-34-29(20-24)27-11-7-12-28-40-42(46(34)41(27)28)44-33-14-5-4-13-32(33)43-40/h1-22H. The van der Waals surface area contributed by atoms with Gasteiger partial charge in [-0.15, -0.1) is 11.3 Å². The van der Waals surface area contributed by atoms with Crippen molar-refractivity contribution in [3.63, 3.8) is 0 Å². The average Bonchev–Trinajstić information content (AvgIpc) is 3.84. The first-order valence-electron chi connectivity index (χ1n) is 15.9. The van der Waals surface area contributed by atoms with Crippen molar-refractivity contribution in [2.24, 2.45) is 0 Å². The Morgan fingerprint density at radius 3 is 2.17 bits per heavy atom. The van der Waals surface area contributed by atoms with Crippen LogP contribution in [-0.4, -0.2) is 18.9 Å². The van der Waals surface area contributed by atoms with Crippen LogP contribution in [0.5, 0.6) is 0 Å². The summed E-state index contributed by atoms with van der Waals surface area (Å²) in [5.41, 5.74) is 9.65. The smallest absolute Gasteiger partial charge is 0.165 e. The lowest BCUT2D eigenvalue weighted by Gasteiger charge is -2.09. The van der Waals surface area contributed by atoms with Gasteiger partial charge >= 0.3 is 0 Å². The van der Waals surface area contributed by atoms with Crippen molar-refractivity contribution in [3.8, 4) is 5.69 Å². The predicted molar refractivity (Wildman–Crippen MR) is 199 cm³/mol. The van der Waals surface area contributed by atoms with Gasteiger partial charge in [-0.2, -0.15) is 0 Å². The zero-order chi connectivity index (χ0) is 30.4. The number of hydrogen-bond donors (Lipinski definition) is 0. The lowest BCUT2D eigenvalue weighted by Crippen LogP contribution is -1.94. The molecule has 0 atom stereocenters. The molecule has 0 saturated carbocycles. The second-order valence-corrected chi connectivity index (χ2v) is 13.7. The molecule has 0 amide bonds. The van der Waals surface area contributed by atoms with Gasteiger partial charge in [0.1, 0.15) is 5.52 Å². The third-order valence-electron chi connectivity index (χ3n) is 10.2. The number of hydrogen-bond acceptors (Lipinski definition) is 3. The predicted octanol–water partition coefficient (Wildman–Crippen LogP) is 11.4. The summed E-state index contributed by atoms with van der Waals surface area (Å²) >= 11 is 1.88.